The van der Waals surface area contributed by atoms with E-state index in [1.165, 1.54) is 7.11 Å². The molecule has 0 fully saturated rings. The van der Waals surface area contributed by atoms with Crippen molar-refractivity contribution in [2.75, 3.05) is 13.9 Å². The van der Waals surface area contributed by atoms with Crippen LogP contribution in [-0.4, -0.2) is 19.9 Å². The predicted molar refractivity (Wildman–Crippen MR) is 116 cm³/mol. The maximum atomic E-state index is 13.4. The van der Waals surface area contributed by atoms with Crippen LogP contribution in [0.3, 0.4) is 0 Å². The van der Waals surface area contributed by atoms with Crippen LogP contribution in [0.15, 0.2) is 66.7 Å². The fraction of sp³-hybridized carbons (Fsp3) is 0.160. The molecule has 0 saturated carbocycles. The highest BCUT2D eigenvalue weighted by Gasteiger charge is 2.49. The number of carbonyl (C=O) groups excluding carboxylic acids is 1. The minimum Gasteiger partial charge on any atom is -0.468 e. The van der Waals surface area contributed by atoms with Gasteiger partial charge in [0, 0.05) is 5.02 Å². The standard InChI is InChI=1S/C25H19ClO4/c1-28-24(27)25(14-16-6-11-22-23(12-16)30-15-29-22)20-5-3-2-4-18(20)13-21(25)17-7-9-19(26)10-8-17/h2-13H,14-15H2,1H3. The van der Waals surface area contributed by atoms with Gasteiger partial charge in [0.1, 0.15) is 5.41 Å². The number of halogens is 1. The summed E-state index contributed by atoms with van der Waals surface area (Å²) in [5, 5.41) is 0.648. The molecule has 0 amide bonds. The molecule has 0 N–H and O–H groups in total. The first-order valence-electron chi connectivity index (χ1n) is 9.66. The van der Waals surface area contributed by atoms with Crippen molar-refractivity contribution >= 4 is 29.2 Å². The Balaban J connectivity index is 1.69. The molecule has 0 radical (unpaired) electrons. The Labute approximate surface area is 179 Å². The summed E-state index contributed by atoms with van der Waals surface area (Å²) in [7, 11) is 1.43. The summed E-state index contributed by atoms with van der Waals surface area (Å²) in [6, 6.07) is 21.3. The Morgan fingerprint density at radius 2 is 1.80 bits per heavy atom. The highest BCUT2D eigenvalue weighted by Crippen LogP contribution is 2.50. The molecule has 1 aliphatic carbocycles. The first kappa shape index (κ1) is 18.8. The molecule has 1 unspecified atom stereocenters. The van der Waals surface area contributed by atoms with E-state index in [-0.39, 0.29) is 12.8 Å². The quantitative estimate of drug-likeness (QED) is 0.541. The number of hydrogen-bond donors (Lipinski definition) is 0. The molecule has 5 heteroatoms. The van der Waals surface area contributed by atoms with Crippen molar-refractivity contribution in [3.05, 3.63) is 94.0 Å². The van der Waals surface area contributed by atoms with Crippen LogP contribution in [0.1, 0.15) is 22.3 Å². The number of carbonyl (C=O) groups is 1. The lowest BCUT2D eigenvalue weighted by atomic mass is 9.70. The summed E-state index contributed by atoms with van der Waals surface area (Å²) in [4.78, 5) is 13.4. The average molecular weight is 419 g/mol. The number of rotatable bonds is 4. The summed E-state index contributed by atoms with van der Waals surface area (Å²) < 4.78 is 16.4. The van der Waals surface area contributed by atoms with Gasteiger partial charge in [-0.3, -0.25) is 4.79 Å². The van der Waals surface area contributed by atoms with Gasteiger partial charge in [-0.15, -0.1) is 0 Å². The topological polar surface area (TPSA) is 44.8 Å². The zero-order valence-corrected chi connectivity index (χ0v) is 17.1. The lowest BCUT2D eigenvalue weighted by Crippen LogP contribution is -2.39. The van der Waals surface area contributed by atoms with Crippen molar-refractivity contribution in [1.29, 1.82) is 0 Å². The summed E-state index contributed by atoms with van der Waals surface area (Å²) in [6.45, 7) is 0.208. The normalized spacial score (nSPS) is 18.7. The van der Waals surface area contributed by atoms with E-state index in [9.17, 15) is 4.79 Å². The van der Waals surface area contributed by atoms with Crippen LogP contribution in [-0.2, 0) is 21.4 Å². The predicted octanol–water partition coefficient (Wildman–Crippen LogP) is 5.28. The van der Waals surface area contributed by atoms with Crippen molar-refractivity contribution in [2.24, 2.45) is 0 Å². The van der Waals surface area contributed by atoms with Crippen molar-refractivity contribution in [2.45, 2.75) is 11.8 Å². The van der Waals surface area contributed by atoms with E-state index in [1.54, 1.807) is 0 Å². The number of hydrogen-bond acceptors (Lipinski definition) is 4. The number of fused-ring (bicyclic) bond motifs is 2. The van der Waals surface area contributed by atoms with E-state index in [4.69, 9.17) is 25.8 Å². The smallest absolute Gasteiger partial charge is 0.321 e. The molecule has 4 nitrogen and oxygen atoms in total. The summed E-state index contributed by atoms with van der Waals surface area (Å²) in [5.74, 6) is 1.10. The minimum absolute atomic E-state index is 0.208. The second-order valence-corrected chi connectivity index (χ2v) is 7.85. The Morgan fingerprint density at radius 1 is 1.03 bits per heavy atom. The first-order valence-corrected chi connectivity index (χ1v) is 10.0. The third kappa shape index (κ3) is 2.87. The lowest BCUT2D eigenvalue weighted by molar-refractivity contribution is -0.145. The van der Waals surface area contributed by atoms with Crippen LogP contribution in [0.25, 0.3) is 11.6 Å². The van der Waals surface area contributed by atoms with Crippen LogP contribution in [0.2, 0.25) is 5.02 Å². The molecule has 1 aliphatic heterocycles. The maximum absolute atomic E-state index is 13.4. The highest BCUT2D eigenvalue weighted by atomic mass is 35.5. The molecule has 1 atom stereocenters. The average Bonchev–Trinajstić information content (AvgIpc) is 3.37. The molecule has 0 bridgehead atoms. The molecule has 3 aromatic rings. The van der Waals surface area contributed by atoms with Crippen molar-refractivity contribution in [3.8, 4) is 11.5 Å². The van der Waals surface area contributed by atoms with Gasteiger partial charge in [-0.05, 0) is 64.6 Å². The zero-order chi connectivity index (χ0) is 20.7. The molecular formula is C25H19ClO4. The van der Waals surface area contributed by atoms with Gasteiger partial charge in [0.15, 0.2) is 11.5 Å². The molecule has 3 aromatic carbocycles. The molecule has 30 heavy (non-hydrogen) atoms. The van der Waals surface area contributed by atoms with Crippen LogP contribution >= 0.6 is 11.6 Å². The molecule has 1 heterocycles. The fourth-order valence-corrected chi connectivity index (χ4v) is 4.53. The van der Waals surface area contributed by atoms with Crippen LogP contribution in [0.4, 0.5) is 0 Å². The van der Waals surface area contributed by atoms with Gasteiger partial charge in [-0.2, -0.15) is 0 Å². The molecular weight excluding hydrogens is 400 g/mol. The van der Waals surface area contributed by atoms with Crippen LogP contribution in [0.5, 0.6) is 11.5 Å². The van der Waals surface area contributed by atoms with Crippen LogP contribution < -0.4 is 9.47 Å². The third-order valence-electron chi connectivity index (χ3n) is 5.78. The number of esters is 1. The summed E-state index contributed by atoms with van der Waals surface area (Å²) in [6.07, 6.45) is 2.50. The zero-order valence-electron chi connectivity index (χ0n) is 16.4. The molecule has 0 saturated heterocycles. The van der Waals surface area contributed by atoms with E-state index >= 15 is 0 Å². The molecule has 5 rings (SSSR count). The van der Waals surface area contributed by atoms with Gasteiger partial charge in [0.25, 0.3) is 0 Å². The van der Waals surface area contributed by atoms with Crippen LogP contribution in [0, 0.1) is 0 Å². The second-order valence-electron chi connectivity index (χ2n) is 7.41. The summed E-state index contributed by atoms with van der Waals surface area (Å²) >= 11 is 6.12. The van der Waals surface area contributed by atoms with E-state index in [0.717, 1.165) is 27.8 Å². The van der Waals surface area contributed by atoms with E-state index in [0.29, 0.717) is 22.9 Å². The summed E-state index contributed by atoms with van der Waals surface area (Å²) in [5.41, 5.74) is 3.74. The van der Waals surface area contributed by atoms with Crippen molar-refractivity contribution < 1.29 is 19.0 Å². The Kier molecular flexibility index (Phi) is 4.52. The maximum Gasteiger partial charge on any atom is 0.321 e. The third-order valence-corrected chi connectivity index (χ3v) is 6.03. The van der Waals surface area contributed by atoms with Crippen molar-refractivity contribution in [3.63, 3.8) is 0 Å². The Bertz CT molecular complexity index is 1170. The van der Waals surface area contributed by atoms with Gasteiger partial charge < -0.3 is 14.2 Å². The lowest BCUT2D eigenvalue weighted by Gasteiger charge is -2.32. The van der Waals surface area contributed by atoms with Gasteiger partial charge >= 0.3 is 5.97 Å². The monoisotopic (exact) mass is 418 g/mol. The molecule has 0 spiro atoms. The highest BCUT2D eigenvalue weighted by molar-refractivity contribution is 6.30. The number of methoxy groups -OCH3 is 1. The molecule has 150 valence electrons. The van der Waals surface area contributed by atoms with Crippen molar-refractivity contribution in [1.82, 2.24) is 0 Å². The SMILES string of the molecule is COC(=O)C1(Cc2ccc3c(c2)OCO3)C(c2ccc(Cl)cc2)=Cc2ccccc21. The van der Waals surface area contributed by atoms with Gasteiger partial charge in [-0.1, -0.05) is 54.1 Å². The Hall–Kier alpha value is -3.24. The number of benzene rings is 3. The minimum atomic E-state index is -0.979. The van der Waals surface area contributed by atoms with E-state index in [1.807, 2.05) is 66.7 Å². The fourth-order valence-electron chi connectivity index (χ4n) is 4.41. The van der Waals surface area contributed by atoms with E-state index in [2.05, 4.69) is 6.08 Å². The molecule has 2 aliphatic rings. The van der Waals surface area contributed by atoms with Gasteiger partial charge in [0.2, 0.25) is 6.79 Å². The van der Waals surface area contributed by atoms with E-state index < -0.39 is 5.41 Å². The molecule has 0 aromatic heterocycles. The Morgan fingerprint density at radius 3 is 2.60 bits per heavy atom. The van der Waals surface area contributed by atoms with Gasteiger partial charge in [0.05, 0.1) is 7.11 Å². The largest absolute Gasteiger partial charge is 0.468 e. The van der Waals surface area contributed by atoms with Gasteiger partial charge in [-0.25, -0.2) is 0 Å². The first-order chi connectivity index (χ1) is 14.6. The number of ether oxygens (including phenoxy) is 3. The second kappa shape index (κ2) is 7.22.